The molecule has 0 radical (unpaired) electrons. The standard InChI is InChI=1S/C8H8.C7H12O2.C5H8/c1-2-8-6-4-3-5-7-8;1-3-5-6-9-7(8)4-2;1-4-5(2)3/h2-7H,1H2;4H,2-3,5-6H2,1H3;4H,1-2H2,3H3. The average Bonchev–Trinajstić information content (AvgIpc) is 2.56. The quantitative estimate of drug-likeness (QED) is 0.296. The maximum absolute atomic E-state index is 10.3. The molecule has 0 aliphatic carbocycles. The van der Waals surface area contributed by atoms with Gasteiger partial charge < -0.3 is 4.74 Å². The third-order valence-corrected chi connectivity index (χ3v) is 2.29. The highest BCUT2D eigenvalue weighted by atomic mass is 16.5. The van der Waals surface area contributed by atoms with Crippen molar-refractivity contribution >= 4 is 12.0 Å². The van der Waals surface area contributed by atoms with Gasteiger partial charge in [0.05, 0.1) is 6.61 Å². The van der Waals surface area contributed by atoms with Gasteiger partial charge in [0.15, 0.2) is 0 Å². The second-order valence-electron chi connectivity index (χ2n) is 4.39. The Hall–Kier alpha value is -2.35. The molecule has 2 heteroatoms. The van der Waals surface area contributed by atoms with Crippen LogP contribution in [0.15, 0.2) is 74.4 Å². The molecule has 0 fully saturated rings. The van der Waals surface area contributed by atoms with Gasteiger partial charge in [0.2, 0.25) is 0 Å². The Morgan fingerprint density at radius 1 is 1.14 bits per heavy atom. The molecule has 0 N–H and O–H groups in total. The van der Waals surface area contributed by atoms with Crippen LogP contribution in [0, 0.1) is 0 Å². The van der Waals surface area contributed by atoms with Crippen LogP contribution in [-0.4, -0.2) is 12.6 Å². The zero-order valence-corrected chi connectivity index (χ0v) is 13.9. The van der Waals surface area contributed by atoms with E-state index in [1.54, 1.807) is 6.08 Å². The van der Waals surface area contributed by atoms with E-state index in [1.165, 1.54) is 11.6 Å². The molecule has 0 unspecified atom stereocenters. The minimum absolute atomic E-state index is 0.330. The summed E-state index contributed by atoms with van der Waals surface area (Å²) in [6, 6.07) is 10.0. The number of ether oxygens (including phenoxy) is 1. The molecule has 0 aliphatic rings. The first-order valence-corrected chi connectivity index (χ1v) is 7.26. The molecule has 1 aromatic carbocycles. The van der Waals surface area contributed by atoms with Crippen molar-refractivity contribution in [1.29, 1.82) is 0 Å². The maximum atomic E-state index is 10.3. The summed E-state index contributed by atoms with van der Waals surface area (Å²) < 4.78 is 4.67. The first kappa shape index (κ1) is 21.9. The van der Waals surface area contributed by atoms with Crippen LogP contribution in [0.2, 0.25) is 0 Å². The lowest BCUT2D eigenvalue weighted by atomic mass is 10.2. The van der Waals surface area contributed by atoms with E-state index in [0.717, 1.165) is 18.4 Å². The summed E-state index contributed by atoms with van der Waals surface area (Å²) in [4.78, 5) is 10.3. The molecule has 0 saturated carbocycles. The fraction of sp³-hybridized carbons (Fsp3) is 0.250. The van der Waals surface area contributed by atoms with E-state index in [1.807, 2.05) is 50.3 Å². The van der Waals surface area contributed by atoms with Gasteiger partial charge in [-0.05, 0) is 18.9 Å². The molecule has 0 bridgehead atoms. The Kier molecular flexibility index (Phi) is 16.7. The summed E-state index contributed by atoms with van der Waals surface area (Å²) in [6.45, 7) is 18.4. The molecule has 2 nitrogen and oxygen atoms in total. The number of hydrogen-bond donors (Lipinski definition) is 0. The highest BCUT2D eigenvalue weighted by Crippen LogP contribution is 1.97. The van der Waals surface area contributed by atoms with E-state index in [0.29, 0.717) is 6.61 Å². The van der Waals surface area contributed by atoms with Crippen LogP contribution in [0.1, 0.15) is 32.3 Å². The van der Waals surface area contributed by atoms with Crippen LogP contribution in [0.3, 0.4) is 0 Å². The Balaban J connectivity index is 0. The van der Waals surface area contributed by atoms with Gasteiger partial charge in [-0.25, -0.2) is 4.79 Å². The topological polar surface area (TPSA) is 26.3 Å². The zero-order chi connectivity index (χ0) is 17.2. The third-order valence-electron chi connectivity index (χ3n) is 2.29. The predicted molar refractivity (Wildman–Crippen MR) is 97.6 cm³/mol. The second kappa shape index (κ2) is 16.7. The van der Waals surface area contributed by atoms with Gasteiger partial charge >= 0.3 is 5.97 Å². The summed E-state index contributed by atoms with van der Waals surface area (Å²) in [5.74, 6) is -0.330. The zero-order valence-electron chi connectivity index (χ0n) is 13.9. The molecule has 22 heavy (non-hydrogen) atoms. The smallest absolute Gasteiger partial charge is 0.330 e. The van der Waals surface area contributed by atoms with E-state index in [-0.39, 0.29) is 5.97 Å². The summed E-state index contributed by atoms with van der Waals surface area (Å²) in [5, 5.41) is 0. The fourth-order valence-electron chi connectivity index (χ4n) is 0.965. The monoisotopic (exact) mass is 300 g/mol. The van der Waals surface area contributed by atoms with E-state index in [9.17, 15) is 4.79 Å². The van der Waals surface area contributed by atoms with Crippen LogP contribution in [0.4, 0.5) is 0 Å². The molecule has 0 saturated heterocycles. The van der Waals surface area contributed by atoms with Crippen LogP contribution in [0.25, 0.3) is 6.08 Å². The summed E-state index contributed by atoms with van der Waals surface area (Å²) >= 11 is 0. The van der Waals surface area contributed by atoms with E-state index in [4.69, 9.17) is 0 Å². The summed E-state index contributed by atoms with van der Waals surface area (Å²) in [5.41, 5.74) is 2.19. The first-order chi connectivity index (χ1) is 10.5. The van der Waals surface area contributed by atoms with Gasteiger partial charge in [-0.2, -0.15) is 0 Å². The van der Waals surface area contributed by atoms with Gasteiger partial charge in [-0.1, -0.05) is 87.7 Å². The Bertz CT molecular complexity index is 444. The molecule has 0 heterocycles. The first-order valence-electron chi connectivity index (χ1n) is 7.26. The minimum Gasteiger partial charge on any atom is -0.463 e. The normalized spacial score (nSPS) is 8.09. The predicted octanol–water partition coefficient (Wildman–Crippen LogP) is 5.59. The summed E-state index contributed by atoms with van der Waals surface area (Å²) in [7, 11) is 0. The largest absolute Gasteiger partial charge is 0.463 e. The van der Waals surface area contributed by atoms with Crippen molar-refractivity contribution in [3.05, 3.63) is 79.9 Å². The molecule has 0 spiro atoms. The van der Waals surface area contributed by atoms with Crippen LogP contribution in [-0.2, 0) is 9.53 Å². The van der Waals surface area contributed by atoms with Crippen LogP contribution < -0.4 is 0 Å². The molecule has 1 aromatic rings. The average molecular weight is 300 g/mol. The SMILES string of the molecule is C=CC(=C)C.C=CC(=O)OCCCC.C=Cc1ccccc1. The van der Waals surface area contributed by atoms with Gasteiger partial charge in [0.25, 0.3) is 0 Å². The van der Waals surface area contributed by atoms with Gasteiger partial charge in [-0.3, -0.25) is 0 Å². The molecule has 0 aromatic heterocycles. The lowest BCUT2D eigenvalue weighted by Crippen LogP contribution is -2.00. The number of rotatable bonds is 6. The number of benzene rings is 1. The molecule has 0 aliphatic heterocycles. The number of carbonyl (C=O) groups excluding carboxylic acids is 1. The highest BCUT2D eigenvalue weighted by molar-refractivity contribution is 5.81. The van der Waals surface area contributed by atoms with Crippen LogP contribution in [0.5, 0.6) is 0 Å². The second-order valence-corrected chi connectivity index (χ2v) is 4.39. The molecule has 120 valence electrons. The van der Waals surface area contributed by atoms with E-state index < -0.39 is 0 Å². The number of unbranched alkanes of at least 4 members (excludes halogenated alkanes) is 1. The van der Waals surface area contributed by atoms with Gasteiger partial charge in [0, 0.05) is 6.08 Å². The van der Waals surface area contributed by atoms with Crippen LogP contribution >= 0.6 is 0 Å². The number of esters is 1. The molecule has 0 atom stereocenters. The Morgan fingerprint density at radius 3 is 2.00 bits per heavy atom. The summed E-state index contributed by atoms with van der Waals surface area (Å²) in [6.07, 6.45) is 6.71. The van der Waals surface area contributed by atoms with E-state index >= 15 is 0 Å². The van der Waals surface area contributed by atoms with Crippen molar-refractivity contribution in [1.82, 2.24) is 0 Å². The maximum Gasteiger partial charge on any atom is 0.330 e. The minimum atomic E-state index is -0.330. The van der Waals surface area contributed by atoms with Crippen molar-refractivity contribution in [2.45, 2.75) is 26.7 Å². The molecule has 0 amide bonds. The van der Waals surface area contributed by atoms with Crippen molar-refractivity contribution < 1.29 is 9.53 Å². The number of hydrogen-bond acceptors (Lipinski definition) is 2. The fourth-order valence-corrected chi connectivity index (χ4v) is 0.965. The van der Waals surface area contributed by atoms with Gasteiger partial charge in [0.1, 0.15) is 0 Å². The Labute approximate surface area is 135 Å². The number of carbonyl (C=O) groups is 1. The molecule has 1 rings (SSSR count). The van der Waals surface area contributed by atoms with E-state index in [2.05, 4.69) is 31.1 Å². The highest BCUT2D eigenvalue weighted by Gasteiger charge is 1.91. The van der Waals surface area contributed by atoms with Crippen molar-refractivity contribution in [3.63, 3.8) is 0 Å². The molecular weight excluding hydrogens is 272 g/mol. The van der Waals surface area contributed by atoms with Crippen molar-refractivity contribution in [2.75, 3.05) is 6.61 Å². The molecular formula is C20H28O2. The Morgan fingerprint density at radius 2 is 1.68 bits per heavy atom. The number of allylic oxidation sites excluding steroid dienone is 2. The lowest BCUT2D eigenvalue weighted by Gasteiger charge is -1.97. The van der Waals surface area contributed by atoms with Crippen molar-refractivity contribution in [3.8, 4) is 0 Å². The third kappa shape index (κ3) is 17.6. The van der Waals surface area contributed by atoms with Crippen molar-refractivity contribution in [2.24, 2.45) is 0 Å². The lowest BCUT2D eigenvalue weighted by molar-refractivity contribution is -0.137. The van der Waals surface area contributed by atoms with Gasteiger partial charge in [-0.15, -0.1) is 0 Å².